The second-order valence-electron chi connectivity index (χ2n) is 2.79. The fourth-order valence-corrected chi connectivity index (χ4v) is 1.43. The highest BCUT2D eigenvalue weighted by atomic mass is 79.9. The number of hydrogen-bond donors (Lipinski definition) is 0. The van der Waals surface area contributed by atoms with Gasteiger partial charge in [0.2, 0.25) is 0 Å². The number of Topliss-reactive ketones (excluding diaryl/α,β-unsaturated/α-hetero) is 1. The summed E-state index contributed by atoms with van der Waals surface area (Å²) in [7, 11) is 0. The molecule has 0 saturated carbocycles. The third kappa shape index (κ3) is 3.15. The lowest BCUT2D eigenvalue weighted by molar-refractivity contribution is -0.113. The number of rotatable bonds is 3. The van der Waals surface area contributed by atoms with E-state index < -0.39 is 0 Å². The Morgan fingerprint density at radius 2 is 2.00 bits per heavy atom. The van der Waals surface area contributed by atoms with E-state index in [1.807, 2.05) is 43.3 Å². The Kier molecular flexibility index (Phi) is 3.90. The highest BCUT2D eigenvalue weighted by Crippen LogP contribution is 2.07. The maximum Gasteiger partial charge on any atom is 0.169 e. The molecule has 1 nitrogen and oxygen atoms in total. The molecule has 0 spiro atoms. The average Bonchev–Trinajstić information content (AvgIpc) is 2.18. The van der Waals surface area contributed by atoms with Gasteiger partial charge in [0.15, 0.2) is 5.78 Å². The van der Waals surface area contributed by atoms with Crippen LogP contribution in [0, 0.1) is 0 Å². The number of hydrogen-bond acceptors (Lipinski definition) is 1. The van der Waals surface area contributed by atoms with Crippen molar-refractivity contribution in [3.63, 3.8) is 0 Å². The molecule has 0 unspecified atom stereocenters. The van der Waals surface area contributed by atoms with E-state index in [1.165, 1.54) is 0 Å². The molecule has 0 radical (unpaired) electrons. The third-order valence-corrected chi connectivity index (χ3v) is 2.25. The van der Waals surface area contributed by atoms with E-state index in [2.05, 4.69) is 15.9 Å². The van der Waals surface area contributed by atoms with Gasteiger partial charge < -0.3 is 0 Å². The first kappa shape index (κ1) is 10.2. The molecule has 1 rings (SSSR count). The smallest absolute Gasteiger partial charge is 0.169 e. The van der Waals surface area contributed by atoms with Gasteiger partial charge in [-0.1, -0.05) is 46.3 Å². The van der Waals surface area contributed by atoms with Gasteiger partial charge in [-0.3, -0.25) is 4.79 Å². The monoisotopic (exact) mass is 238 g/mol. The molecule has 0 atom stereocenters. The van der Waals surface area contributed by atoms with Crippen LogP contribution < -0.4 is 0 Å². The van der Waals surface area contributed by atoms with Crippen molar-refractivity contribution in [1.82, 2.24) is 0 Å². The van der Waals surface area contributed by atoms with Crippen molar-refractivity contribution in [2.24, 2.45) is 0 Å². The lowest BCUT2D eigenvalue weighted by Gasteiger charge is -1.96. The van der Waals surface area contributed by atoms with Gasteiger partial charge in [-0.05, 0) is 24.1 Å². The molecule has 0 heterocycles. The molecule has 0 amide bonds. The molecular weight excluding hydrogens is 228 g/mol. The number of carbonyl (C=O) groups excluding carboxylic acids is 1. The van der Waals surface area contributed by atoms with Gasteiger partial charge in [0.05, 0.1) is 5.33 Å². The normalized spacial score (nSPS) is 11.4. The van der Waals surface area contributed by atoms with E-state index >= 15 is 0 Å². The Balaban J connectivity index is 2.83. The summed E-state index contributed by atoms with van der Waals surface area (Å²) in [6.07, 6.45) is 1.89. The summed E-state index contributed by atoms with van der Waals surface area (Å²) in [6.45, 7) is 1.83. The largest absolute Gasteiger partial charge is 0.294 e. The van der Waals surface area contributed by atoms with Crippen molar-refractivity contribution in [2.75, 3.05) is 5.33 Å². The minimum absolute atomic E-state index is 0.129. The summed E-state index contributed by atoms with van der Waals surface area (Å²) in [5.74, 6) is 0.129. The van der Waals surface area contributed by atoms with Crippen LogP contribution in [-0.2, 0) is 4.79 Å². The van der Waals surface area contributed by atoms with E-state index in [-0.39, 0.29) is 5.78 Å². The zero-order chi connectivity index (χ0) is 9.68. The van der Waals surface area contributed by atoms with Gasteiger partial charge in [-0.2, -0.15) is 0 Å². The SMILES string of the molecule is C/C(=C\c1ccccc1)C(=O)CBr. The number of allylic oxidation sites excluding steroid dienone is 1. The molecule has 1 aromatic carbocycles. The van der Waals surface area contributed by atoms with Crippen LogP contribution in [-0.4, -0.2) is 11.1 Å². The van der Waals surface area contributed by atoms with E-state index in [4.69, 9.17) is 0 Å². The maximum absolute atomic E-state index is 11.2. The quantitative estimate of drug-likeness (QED) is 0.585. The molecule has 0 saturated heterocycles. The van der Waals surface area contributed by atoms with Crippen LogP contribution in [0.1, 0.15) is 12.5 Å². The van der Waals surface area contributed by atoms with Crippen LogP contribution in [0.2, 0.25) is 0 Å². The molecular formula is C11H11BrO. The van der Waals surface area contributed by atoms with E-state index in [0.29, 0.717) is 5.33 Å². The molecule has 0 fully saturated rings. The number of alkyl halides is 1. The third-order valence-electron chi connectivity index (χ3n) is 1.74. The molecule has 2 heteroatoms. The van der Waals surface area contributed by atoms with Crippen molar-refractivity contribution in [2.45, 2.75) is 6.92 Å². The second kappa shape index (κ2) is 4.97. The molecule has 68 valence electrons. The van der Waals surface area contributed by atoms with Crippen LogP contribution >= 0.6 is 15.9 Å². The molecule has 0 N–H and O–H groups in total. The predicted molar refractivity (Wildman–Crippen MR) is 58.9 cm³/mol. The summed E-state index contributed by atoms with van der Waals surface area (Å²) >= 11 is 3.14. The van der Waals surface area contributed by atoms with Crippen molar-refractivity contribution in [3.8, 4) is 0 Å². The van der Waals surface area contributed by atoms with E-state index in [1.54, 1.807) is 0 Å². The van der Waals surface area contributed by atoms with E-state index in [0.717, 1.165) is 11.1 Å². The van der Waals surface area contributed by atoms with Gasteiger partial charge in [-0.15, -0.1) is 0 Å². The highest BCUT2D eigenvalue weighted by Gasteiger charge is 2.00. The lowest BCUT2D eigenvalue weighted by Crippen LogP contribution is -1.99. The zero-order valence-electron chi connectivity index (χ0n) is 7.46. The summed E-state index contributed by atoms with van der Waals surface area (Å²) in [5.41, 5.74) is 1.84. The van der Waals surface area contributed by atoms with Gasteiger partial charge >= 0.3 is 0 Å². The lowest BCUT2D eigenvalue weighted by atomic mass is 10.1. The molecule has 0 bridgehead atoms. The van der Waals surface area contributed by atoms with Gasteiger partial charge in [0, 0.05) is 0 Å². The van der Waals surface area contributed by atoms with Gasteiger partial charge in [0.25, 0.3) is 0 Å². The average molecular weight is 239 g/mol. The molecule has 1 aromatic rings. The minimum Gasteiger partial charge on any atom is -0.294 e. The van der Waals surface area contributed by atoms with Crippen molar-refractivity contribution >= 4 is 27.8 Å². The van der Waals surface area contributed by atoms with Crippen LogP contribution in [0.5, 0.6) is 0 Å². The van der Waals surface area contributed by atoms with Crippen LogP contribution in [0.3, 0.4) is 0 Å². The Hall–Kier alpha value is -0.890. The van der Waals surface area contributed by atoms with Crippen molar-refractivity contribution < 1.29 is 4.79 Å². The Morgan fingerprint density at radius 3 is 2.54 bits per heavy atom. The van der Waals surface area contributed by atoms with E-state index in [9.17, 15) is 4.79 Å². The fourth-order valence-electron chi connectivity index (χ4n) is 0.985. The first-order valence-electron chi connectivity index (χ1n) is 4.06. The summed E-state index contributed by atoms with van der Waals surface area (Å²) in [5, 5.41) is 0.391. The first-order chi connectivity index (χ1) is 6.24. The topological polar surface area (TPSA) is 17.1 Å². The number of benzene rings is 1. The second-order valence-corrected chi connectivity index (χ2v) is 3.36. The summed E-state index contributed by atoms with van der Waals surface area (Å²) < 4.78 is 0. The molecule has 13 heavy (non-hydrogen) atoms. The molecule has 0 aliphatic heterocycles. The maximum atomic E-state index is 11.2. The number of carbonyl (C=O) groups is 1. The predicted octanol–water partition coefficient (Wildman–Crippen LogP) is 3.05. The molecule has 0 aliphatic rings. The first-order valence-corrected chi connectivity index (χ1v) is 5.18. The highest BCUT2D eigenvalue weighted by molar-refractivity contribution is 9.09. The summed E-state index contributed by atoms with van der Waals surface area (Å²) in [4.78, 5) is 11.2. The van der Waals surface area contributed by atoms with Crippen LogP contribution in [0.15, 0.2) is 35.9 Å². The van der Waals surface area contributed by atoms with Crippen molar-refractivity contribution in [3.05, 3.63) is 41.5 Å². The van der Waals surface area contributed by atoms with Crippen LogP contribution in [0.4, 0.5) is 0 Å². The van der Waals surface area contributed by atoms with Gasteiger partial charge in [-0.25, -0.2) is 0 Å². The molecule has 0 aliphatic carbocycles. The molecule has 0 aromatic heterocycles. The number of ketones is 1. The van der Waals surface area contributed by atoms with Crippen molar-refractivity contribution in [1.29, 1.82) is 0 Å². The summed E-state index contributed by atoms with van der Waals surface area (Å²) in [6, 6.07) is 9.82. The standard InChI is InChI=1S/C11H11BrO/c1-9(11(13)8-12)7-10-5-3-2-4-6-10/h2-7H,8H2,1H3/b9-7+. The Labute approximate surface area is 86.6 Å². The number of halogens is 1. The Bertz CT molecular complexity index is 314. The fraction of sp³-hybridized carbons (Fsp3) is 0.182. The zero-order valence-corrected chi connectivity index (χ0v) is 9.04. The Morgan fingerprint density at radius 1 is 1.38 bits per heavy atom. The minimum atomic E-state index is 0.129. The van der Waals surface area contributed by atoms with Crippen LogP contribution in [0.25, 0.3) is 6.08 Å². The van der Waals surface area contributed by atoms with Gasteiger partial charge in [0.1, 0.15) is 0 Å².